The Bertz CT molecular complexity index is 1350. The van der Waals surface area contributed by atoms with Crippen LogP contribution in [0.2, 0.25) is 10.0 Å². The maximum absolute atomic E-state index is 13.4. The summed E-state index contributed by atoms with van der Waals surface area (Å²) in [5.74, 6) is 0.588. The van der Waals surface area contributed by atoms with Crippen LogP contribution < -0.4 is 10.2 Å². The summed E-state index contributed by atoms with van der Waals surface area (Å²) in [7, 11) is 0. The van der Waals surface area contributed by atoms with Gasteiger partial charge in [0.2, 0.25) is 11.2 Å². The number of ether oxygens (including phenoxy) is 1. The zero-order valence-corrected chi connectivity index (χ0v) is 20.0. The van der Waals surface area contributed by atoms with Crippen molar-refractivity contribution in [1.82, 2.24) is 0 Å². The van der Waals surface area contributed by atoms with Gasteiger partial charge in [-0.05, 0) is 47.7 Å². The second kappa shape index (κ2) is 8.65. The highest BCUT2D eigenvalue weighted by Gasteiger charge is 2.20. The molecule has 4 rings (SSSR count). The summed E-state index contributed by atoms with van der Waals surface area (Å²) in [5.41, 5.74) is 4.09. The van der Waals surface area contributed by atoms with Crippen LogP contribution >= 0.6 is 23.2 Å². The third-order valence-electron chi connectivity index (χ3n) is 5.38. The van der Waals surface area contributed by atoms with Gasteiger partial charge in [0.15, 0.2) is 5.76 Å². The van der Waals surface area contributed by atoms with Gasteiger partial charge >= 0.3 is 0 Å². The summed E-state index contributed by atoms with van der Waals surface area (Å²) in [5, 5.41) is 1.40. The molecule has 3 nitrogen and oxygen atoms in total. The average molecular weight is 467 g/mol. The number of benzene rings is 3. The summed E-state index contributed by atoms with van der Waals surface area (Å²) in [6.07, 6.45) is 0. The molecular formula is C27H24Cl2O3. The molecule has 0 amide bonds. The van der Waals surface area contributed by atoms with E-state index in [1.807, 2.05) is 43.3 Å². The zero-order valence-electron chi connectivity index (χ0n) is 18.5. The van der Waals surface area contributed by atoms with Gasteiger partial charge < -0.3 is 9.15 Å². The first-order valence-electron chi connectivity index (χ1n) is 10.4. The third-order valence-corrected chi connectivity index (χ3v) is 6.12. The third kappa shape index (κ3) is 4.55. The predicted molar refractivity (Wildman–Crippen MR) is 132 cm³/mol. The topological polar surface area (TPSA) is 39.4 Å². The van der Waals surface area contributed by atoms with Crippen LogP contribution in [0.1, 0.15) is 37.5 Å². The van der Waals surface area contributed by atoms with Crippen molar-refractivity contribution in [3.8, 4) is 17.1 Å². The molecule has 0 aliphatic carbocycles. The molecule has 0 fully saturated rings. The molecule has 5 heteroatoms. The molecule has 4 aromatic rings. The molecular weight excluding hydrogens is 443 g/mol. The van der Waals surface area contributed by atoms with E-state index in [2.05, 4.69) is 32.9 Å². The minimum atomic E-state index is -0.204. The molecule has 0 atom stereocenters. The molecule has 0 spiro atoms. The van der Waals surface area contributed by atoms with Gasteiger partial charge in [-0.1, -0.05) is 85.9 Å². The van der Waals surface area contributed by atoms with Crippen LogP contribution in [0.3, 0.4) is 0 Å². The van der Waals surface area contributed by atoms with E-state index in [0.29, 0.717) is 26.8 Å². The first kappa shape index (κ1) is 22.4. The summed E-state index contributed by atoms with van der Waals surface area (Å²) in [4.78, 5) is 13.4. The van der Waals surface area contributed by atoms with Gasteiger partial charge in [-0.2, -0.15) is 0 Å². The lowest BCUT2D eigenvalue weighted by molar-refractivity contribution is 0.298. The van der Waals surface area contributed by atoms with Crippen molar-refractivity contribution in [2.24, 2.45) is 0 Å². The Balaban J connectivity index is 1.82. The summed E-state index contributed by atoms with van der Waals surface area (Å²) >= 11 is 12.1. The first-order valence-corrected chi connectivity index (χ1v) is 11.1. The van der Waals surface area contributed by atoms with Crippen molar-refractivity contribution in [3.05, 3.63) is 97.6 Å². The molecule has 0 radical (unpaired) electrons. The fourth-order valence-electron chi connectivity index (χ4n) is 3.52. The number of aryl methyl sites for hydroxylation is 1. The second-order valence-corrected chi connectivity index (χ2v) is 9.77. The Morgan fingerprint density at radius 1 is 0.906 bits per heavy atom. The quantitative estimate of drug-likeness (QED) is 0.306. The van der Waals surface area contributed by atoms with Crippen molar-refractivity contribution in [2.75, 3.05) is 0 Å². The molecule has 0 saturated heterocycles. The van der Waals surface area contributed by atoms with E-state index in [0.717, 1.165) is 16.7 Å². The van der Waals surface area contributed by atoms with Crippen LogP contribution in [-0.4, -0.2) is 0 Å². The first-order chi connectivity index (χ1) is 15.1. The van der Waals surface area contributed by atoms with E-state index in [1.165, 1.54) is 5.56 Å². The minimum Gasteiger partial charge on any atom is -0.481 e. The standard InChI is InChI=1S/C27H24Cl2O3/c1-16-5-12-23-20(13-16)24(30)26(31-15-17-6-11-21(28)22(29)14-17)25(32-23)18-7-9-19(10-8-18)27(2,3)4/h5-14H,15H2,1-4H3. The molecule has 0 aliphatic rings. The fraction of sp³-hybridized carbons (Fsp3) is 0.222. The number of hydrogen-bond donors (Lipinski definition) is 0. The molecule has 0 bridgehead atoms. The number of fused-ring (bicyclic) bond motifs is 1. The lowest BCUT2D eigenvalue weighted by atomic mass is 9.86. The maximum Gasteiger partial charge on any atom is 0.235 e. The average Bonchev–Trinajstić information content (AvgIpc) is 2.75. The number of hydrogen-bond acceptors (Lipinski definition) is 3. The Morgan fingerprint density at radius 3 is 2.28 bits per heavy atom. The smallest absolute Gasteiger partial charge is 0.235 e. The normalized spacial score (nSPS) is 11.7. The summed E-state index contributed by atoms with van der Waals surface area (Å²) < 4.78 is 12.2. The van der Waals surface area contributed by atoms with Crippen LogP contribution in [0.5, 0.6) is 5.75 Å². The second-order valence-electron chi connectivity index (χ2n) is 8.95. The van der Waals surface area contributed by atoms with Crippen LogP contribution in [0.25, 0.3) is 22.3 Å². The van der Waals surface area contributed by atoms with Gasteiger partial charge in [-0.3, -0.25) is 4.79 Å². The Hall–Kier alpha value is -2.75. The van der Waals surface area contributed by atoms with Gasteiger partial charge in [-0.25, -0.2) is 0 Å². The molecule has 0 aliphatic heterocycles. The minimum absolute atomic E-state index is 0.0213. The molecule has 0 saturated carbocycles. The Labute approximate surface area is 197 Å². The van der Waals surface area contributed by atoms with E-state index in [-0.39, 0.29) is 23.2 Å². The molecule has 0 N–H and O–H groups in total. The van der Waals surface area contributed by atoms with Crippen LogP contribution in [0.4, 0.5) is 0 Å². The van der Waals surface area contributed by atoms with Crippen LogP contribution in [0.15, 0.2) is 69.9 Å². The maximum atomic E-state index is 13.4. The SMILES string of the molecule is Cc1ccc2oc(-c3ccc(C(C)(C)C)cc3)c(OCc3ccc(Cl)c(Cl)c3)c(=O)c2c1. The van der Waals surface area contributed by atoms with Gasteiger partial charge in [0.25, 0.3) is 0 Å². The van der Waals surface area contributed by atoms with Crippen molar-refractivity contribution in [2.45, 2.75) is 39.7 Å². The lowest BCUT2D eigenvalue weighted by Crippen LogP contribution is -2.11. The van der Waals surface area contributed by atoms with E-state index in [9.17, 15) is 4.79 Å². The summed E-state index contributed by atoms with van der Waals surface area (Å²) in [6, 6.07) is 18.9. The van der Waals surface area contributed by atoms with Gasteiger partial charge in [0.05, 0.1) is 15.4 Å². The molecule has 1 heterocycles. The van der Waals surface area contributed by atoms with E-state index >= 15 is 0 Å². The van der Waals surface area contributed by atoms with Crippen molar-refractivity contribution < 1.29 is 9.15 Å². The van der Waals surface area contributed by atoms with Crippen molar-refractivity contribution in [1.29, 1.82) is 0 Å². The lowest BCUT2D eigenvalue weighted by Gasteiger charge is -2.19. The van der Waals surface area contributed by atoms with E-state index < -0.39 is 0 Å². The van der Waals surface area contributed by atoms with Gasteiger partial charge in [0.1, 0.15) is 12.2 Å². The Kier molecular flexibility index (Phi) is 6.07. The zero-order chi connectivity index (χ0) is 23.0. The monoisotopic (exact) mass is 466 g/mol. The molecule has 164 valence electrons. The van der Waals surface area contributed by atoms with Crippen LogP contribution in [-0.2, 0) is 12.0 Å². The highest BCUT2D eigenvalue weighted by Crippen LogP contribution is 2.33. The predicted octanol–water partition coefficient (Wildman–Crippen LogP) is 7.95. The van der Waals surface area contributed by atoms with E-state index in [4.69, 9.17) is 32.4 Å². The van der Waals surface area contributed by atoms with Crippen LogP contribution in [0, 0.1) is 6.92 Å². The molecule has 1 aromatic heterocycles. The highest BCUT2D eigenvalue weighted by atomic mass is 35.5. The summed E-state index contributed by atoms with van der Waals surface area (Å²) in [6.45, 7) is 8.57. The largest absolute Gasteiger partial charge is 0.481 e. The van der Waals surface area contributed by atoms with Gasteiger partial charge in [-0.15, -0.1) is 0 Å². The molecule has 3 aromatic carbocycles. The van der Waals surface area contributed by atoms with Crippen molar-refractivity contribution >= 4 is 34.2 Å². The number of rotatable bonds is 4. The van der Waals surface area contributed by atoms with E-state index in [1.54, 1.807) is 12.1 Å². The number of halogens is 2. The molecule has 0 unspecified atom stereocenters. The highest BCUT2D eigenvalue weighted by molar-refractivity contribution is 6.42. The molecule has 32 heavy (non-hydrogen) atoms. The van der Waals surface area contributed by atoms with Gasteiger partial charge in [0, 0.05) is 5.56 Å². The van der Waals surface area contributed by atoms with Crippen molar-refractivity contribution in [3.63, 3.8) is 0 Å². The Morgan fingerprint density at radius 2 is 1.62 bits per heavy atom. The fourth-order valence-corrected chi connectivity index (χ4v) is 3.84.